The molecule has 1 aliphatic heterocycles. The summed E-state index contributed by atoms with van der Waals surface area (Å²) in [5.74, 6) is -0.180. The molecule has 7 heteroatoms. The second kappa shape index (κ2) is 5.16. The number of nitrogens with zero attached hydrogens (tertiary/aromatic N) is 2. The van der Waals surface area contributed by atoms with E-state index in [1.807, 2.05) is 19.1 Å². The van der Waals surface area contributed by atoms with Crippen LogP contribution in [0.25, 0.3) is 0 Å². The zero-order chi connectivity index (χ0) is 14.3. The Bertz CT molecular complexity index is 690. The zero-order valence-corrected chi connectivity index (χ0v) is 13.0. The van der Waals surface area contributed by atoms with Gasteiger partial charge in [0.15, 0.2) is 5.16 Å². The zero-order valence-electron chi connectivity index (χ0n) is 10.6. The average Bonchev–Trinajstić information content (AvgIpc) is 2.69. The van der Waals surface area contributed by atoms with E-state index in [-0.39, 0.29) is 5.91 Å². The number of benzene rings is 1. The number of anilines is 1. The molecule has 0 radical (unpaired) electrons. The molecular formula is C13H11BrN4OS. The average molecular weight is 351 g/mol. The number of aryl methyl sites for hydroxylation is 1. The standard InChI is InChI=1S/C13H11BrN4OS/c1-6-4-16-13(17-5-6)20-10-3-9-7(2-8(10)14)11(15)12(19)18-9/h2-5,11H,15H2,1H3,(H,18,19). The maximum Gasteiger partial charge on any atom is 0.245 e. The Morgan fingerprint density at radius 1 is 1.35 bits per heavy atom. The van der Waals surface area contributed by atoms with Crippen LogP contribution in [0.1, 0.15) is 17.2 Å². The lowest BCUT2D eigenvalue weighted by atomic mass is 10.1. The third kappa shape index (κ3) is 2.44. The summed E-state index contributed by atoms with van der Waals surface area (Å²) < 4.78 is 0.873. The first-order chi connectivity index (χ1) is 9.54. The Balaban J connectivity index is 1.94. The van der Waals surface area contributed by atoms with Gasteiger partial charge >= 0.3 is 0 Å². The molecule has 0 saturated carbocycles. The molecule has 0 bridgehead atoms. The Hall–Kier alpha value is -1.44. The third-order valence-corrected chi connectivity index (χ3v) is 4.81. The van der Waals surface area contributed by atoms with Crippen LogP contribution in [0.2, 0.25) is 0 Å². The fourth-order valence-corrected chi connectivity index (χ4v) is 3.24. The van der Waals surface area contributed by atoms with Gasteiger partial charge in [-0.15, -0.1) is 0 Å². The number of carbonyl (C=O) groups excluding carboxylic acids is 1. The van der Waals surface area contributed by atoms with E-state index in [1.165, 1.54) is 11.8 Å². The highest BCUT2D eigenvalue weighted by Gasteiger charge is 2.28. The number of nitrogens with two attached hydrogens (primary N) is 1. The minimum atomic E-state index is -0.601. The predicted molar refractivity (Wildman–Crippen MR) is 80.6 cm³/mol. The van der Waals surface area contributed by atoms with Gasteiger partial charge in [-0.1, -0.05) is 0 Å². The van der Waals surface area contributed by atoms with Crippen LogP contribution in [0.3, 0.4) is 0 Å². The van der Waals surface area contributed by atoms with E-state index in [2.05, 4.69) is 31.2 Å². The first-order valence-corrected chi connectivity index (χ1v) is 7.52. The number of amides is 1. The van der Waals surface area contributed by atoms with E-state index in [9.17, 15) is 4.79 Å². The highest BCUT2D eigenvalue weighted by atomic mass is 79.9. The third-order valence-electron chi connectivity index (χ3n) is 2.94. The van der Waals surface area contributed by atoms with Crippen molar-refractivity contribution < 1.29 is 4.79 Å². The number of nitrogens with one attached hydrogen (secondary N) is 1. The predicted octanol–water partition coefficient (Wildman–Crippen LogP) is 2.65. The van der Waals surface area contributed by atoms with Gasteiger partial charge < -0.3 is 11.1 Å². The number of aromatic nitrogens is 2. The number of rotatable bonds is 2. The van der Waals surface area contributed by atoms with Gasteiger partial charge in [0.2, 0.25) is 5.91 Å². The van der Waals surface area contributed by atoms with Gasteiger partial charge in [-0.05, 0) is 52.3 Å². The van der Waals surface area contributed by atoms with Crippen molar-refractivity contribution in [3.63, 3.8) is 0 Å². The summed E-state index contributed by atoms with van der Waals surface area (Å²) >= 11 is 4.93. The molecule has 2 aromatic rings. The van der Waals surface area contributed by atoms with Crippen molar-refractivity contribution in [2.75, 3.05) is 5.32 Å². The highest BCUT2D eigenvalue weighted by Crippen LogP contribution is 2.39. The second-order valence-electron chi connectivity index (χ2n) is 4.48. The van der Waals surface area contributed by atoms with Crippen molar-refractivity contribution in [3.05, 3.63) is 40.1 Å². The SMILES string of the molecule is Cc1cnc(Sc2cc3c(cc2Br)C(N)C(=O)N3)nc1. The summed E-state index contributed by atoms with van der Waals surface area (Å²) in [7, 11) is 0. The van der Waals surface area contributed by atoms with Gasteiger partial charge in [-0.3, -0.25) is 4.79 Å². The topological polar surface area (TPSA) is 80.9 Å². The molecule has 1 aliphatic rings. The molecule has 0 aliphatic carbocycles. The first kappa shape index (κ1) is 13.5. The monoisotopic (exact) mass is 350 g/mol. The van der Waals surface area contributed by atoms with Gasteiger partial charge in [-0.2, -0.15) is 0 Å². The number of fused-ring (bicyclic) bond motifs is 1. The molecule has 5 nitrogen and oxygen atoms in total. The molecule has 0 spiro atoms. The molecule has 3 rings (SSSR count). The molecule has 102 valence electrons. The van der Waals surface area contributed by atoms with Crippen molar-refractivity contribution in [2.24, 2.45) is 5.73 Å². The maximum absolute atomic E-state index is 11.6. The Labute approximate surface area is 128 Å². The molecule has 20 heavy (non-hydrogen) atoms. The highest BCUT2D eigenvalue weighted by molar-refractivity contribution is 9.10. The molecule has 3 N–H and O–H groups in total. The molecule has 0 fully saturated rings. The van der Waals surface area contributed by atoms with Crippen LogP contribution < -0.4 is 11.1 Å². The van der Waals surface area contributed by atoms with Gasteiger partial charge in [-0.25, -0.2) is 9.97 Å². The lowest BCUT2D eigenvalue weighted by molar-refractivity contribution is -0.116. The summed E-state index contributed by atoms with van der Waals surface area (Å²) in [5, 5.41) is 3.43. The quantitative estimate of drug-likeness (QED) is 0.813. The molecule has 1 amide bonds. The summed E-state index contributed by atoms with van der Waals surface area (Å²) in [5.41, 5.74) is 8.38. The van der Waals surface area contributed by atoms with E-state index in [0.717, 1.165) is 26.2 Å². The largest absolute Gasteiger partial charge is 0.324 e. The van der Waals surface area contributed by atoms with Gasteiger partial charge in [0, 0.05) is 33.0 Å². The number of halogens is 1. The molecule has 1 unspecified atom stereocenters. The molecule has 2 heterocycles. The normalized spacial score (nSPS) is 16.9. The molecular weight excluding hydrogens is 340 g/mol. The van der Waals surface area contributed by atoms with Crippen LogP contribution in [-0.4, -0.2) is 15.9 Å². The number of carbonyl (C=O) groups is 1. The van der Waals surface area contributed by atoms with Crippen molar-refractivity contribution >= 4 is 39.3 Å². The Kier molecular flexibility index (Phi) is 3.49. The van der Waals surface area contributed by atoms with E-state index in [4.69, 9.17) is 5.73 Å². The van der Waals surface area contributed by atoms with Gasteiger partial charge in [0.1, 0.15) is 6.04 Å². The van der Waals surface area contributed by atoms with Crippen LogP contribution >= 0.6 is 27.7 Å². The lowest BCUT2D eigenvalue weighted by Gasteiger charge is -2.07. The molecule has 1 aromatic heterocycles. The second-order valence-corrected chi connectivity index (χ2v) is 6.35. The summed E-state index contributed by atoms with van der Waals surface area (Å²) in [6.45, 7) is 1.94. The smallest absolute Gasteiger partial charge is 0.245 e. The van der Waals surface area contributed by atoms with Gasteiger partial charge in [0.25, 0.3) is 0 Å². The summed E-state index contributed by atoms with van der Waals surface area (Å²) in [6.07, 6.45) is 3.54. The van der Waals surface area contributed by atoms with Crippen molar-refractivity contribution in [1.29, 1.82) is 0 Å². The Morgan fingerprint density at radius 3 is 2.75 bits per heavy atom. The number of hydrogen-bond acceptors (Lipinski definition) is 5. The van der Waals surface area contributed by atoms with Crippen LogP contribution in [-0.2, 0) is 4.79 Å². The fraction of sp³-hybridized carbons (Fsp3) is 0.154. The summed E-state index contributed by atoms with van der Waals surface area (Å²) in [6, 6.07) is 3.16. The van der Waals surface area contributed by atoms with Crippen molar-refractivity contribution in [1.82, 2.24) is 9.97 Å². The minimum absolute atomic E-state index is 0.180. The molecule has 1 atom stereocenters. The van der Waals surface area contributed by atoms with E-state index in [1.54, 1.807) is 12.4 Å². The first-order valence-electron chi connectivity index (χ1n) is 5.91. The molecule has 1 aromatic carbocycles. The van der Waals surface area contributed by atoms with Gasteiger partial charge in [0.05, 0.1) is 0 Å². The van der Waals surface area contributed by atoms with E-state index < -0.39 is 6.04 Å². The van der Waals surface area contributed by atoms with Crippen molar-refractivity contribution in [2.45, 2.75) is 23.0 Å². The van der Waals surface area contributed by atoms with Crippen LogP contribution in [0.5, 0.6) is 0 Å². The lowest BCUT2D eigenvalue weighted by Crippen LogP contribution is -2.19. The number of hydrogen-bond donors (Lipinski definition) is 2. The van der Waals surface area contributed by atoms with Crippen LogP contribution in [0.15, 0.2) is 39.1 Å². The summed E-state index contributed by atoms with van der Waals surface area (Å²) in [4.78, 5) is 21.0. The Morgan fingerprint density at radius 2 is 2.05 bits per heavy atom. The van der Waals surface area contributed by atoms with Crippen LogP contribution in [0.4, 0.5) is 5.69 Å². The maximum atomic E-state index is 11.6. The van der Waals surface area contributed by atoms with Crippen LogP contribution in [0, 0.1) is 6.92 Å². The minimum Gasteiger partial charge on any atom is -0.324 e. The fourth-order valence-electron chi connectivity index (χ4n) is 1.90. The van der Waals surface area contributed by atoms with Crippen molar-refractivity contribution in [3.8, 4) is 0 Å². The van der Waals surface area contributed by atoms with E-state index in [0.29, 0.717) is 5.16 Å². The molecule has 0 saturated heterocycles. The van der Waals surface area contributed by atoms with E-state index >= 15 is 0 Å².